The minimum Gasteiger partial charge on any atom is -0.533 e. The van der Waals surface area contributed by atoms with E-state index in [1.54, 1.807) is 0 Å². The van der Waals surface area contributed by atoms with E-state index in [2.05, 4.69) is 255 Å². The van der Waals surface area contributed by atoms with Crippen molar-refractivity contribution in [1.82, 2.24) is 0 Å². The molecule has 10 aromatic carbocycles. The number of hydrogen-bond acceptors (Lipinski definition) is 0. The van der Waals surface area contributed by atoms with E-state index in [9.17, 15) is 0 Å². The van der Waals surface area contributed by atoms with Gasteiger partial charge in [-0.2, -0.15) is 42.0 Å². The van der Waals surface area contributed by atoms with Gasteiger partial charge in [0.15, 0.2) is 0 Å². The molecule has 0 aliphatic rings. The molecule has 0 saturated heterocycles. The average molecular weight is 791 g/mol. The zero-order valence-corrected chi connectivity index (χ0v) is 33.9. The Morgan fingerprint density at radius 2 is 0.593 bits per heavy atom. The van der Waals surface area contributed by atoms with Gasteiger partial charge in [-0.25, -0.2) is 0 Å². The smallest absolute Gasteiger partial charge is 0 e. The molecule has 0 fully saturated rings. The fraction of sp³-hybridized carbons (Fsp3) is 0. The molecule has 10 rings (SSSR count). The van der Waals surface area contributed by atoms with Crippen LogP contribution in [0, 0.1) is 0 Å². The van der Waals surface area contributed by atoms with E-state index in [1.165, 1.54) is 89.0 Å². The van der Waals surface area contributed by atoms with Crippen molar-refractivity contribution in [2.24, 2.45) is 0 Å². The van der Waals surface area contributed by atoms with Crippen molar-refractivity contribution >= 4 is 0 Å². The van der Waals surface area contributed by atoms with E-state index in [-0.39, 0.29) is 17.4 Å². The fourth-order valence-electron chi connectivity index (χ4n) is 8.12. The van der Waals surface area contributed by atoms with Gasteiger partial charge in [0.25, 0.3) is 0 Å². The second-order valence-corrected chi connectivity index (χ2v) is 14.4. The molecule has 0 aliphatic carbocycles. The monoisotopic (exact) mass is 790 g/mol. The standard InChI is InChI=1S/2C29H21.Cr/c2*1-5-13-22(14-6-1)26-21-27(23-15-7-2-8-16-23)29(25-19-11-4-12-20-25)28(26)24-17-9-3-10-18-24;/h2*1-21H;/q-5;-1;. The van der Waals surface area contributed by atoms with E-state index < -0.39 is 0 Å². The molecule has 0 bridgehead atoms. The molecule has 0 N–H and O–H groups in total. The van der Waals surface area contributed by atoms with Gasteiger partial charge in [0.05, 0.1) is 0 Å². The van der Waals surface area contributed by atoms with Crippen LogP contribution in [-0.4, -0.2) is 0 Å². The Bertz CT molecular complexity index is 2410. The topological polar surface area (TPSA) is 0 Å². The molecule has 0 heterocycles. The molecular weight excluding hydrogens is 749 g/mol. The molecular formula is C58H42Cr-6. The molecule has 0 atom stereocenters. The zero-order valence-electron chi connectivity index (χ0n) is 32.7. The van der Waals surface area contributed by atoms with Gasteiger partial charge in [0.2, 0.25) is 0 Å². The van der Waals surface area contributed by atoms with Gasteiger partial charge >= 0.3 is 0 Å². The molecule has 0 radical (unpaired) electrons. The Balaban J connectivity index is 0.000000161. The van der Waals surface area contributed by atoms with Gasteiger partial charge in [-0.1, -0.05) is 215 Å². The fourth-order valence-corrected chi connectivity index (χ4v) is 8.12. The van der Waals surface area contributed by atoms with Crippen LogP contribution in [0.4, 0.5) is 0 Å². The number of hydrogen-bond donors (Lipinski definition) is 0. The Morgan fingerprint density at radius 1 is 0.288 bits per heavy atom. The number of rotatable bonds is 8. The van der Waals surface area contributed by atoms with Crippen LogP contribution in [0.25, 0.3) is 89.0 Å². The van der Waals surface area contributed by atoms with Crippen molar-refractivity contribution in [2.45, 2.75) is 0 Å². The minimum atomic E-state index is 0. The van der Waals surface area contributed by atoms with Crippen molar-refractivity contribution in [1.29, 1.82) is 0 Å². The summed E-state index contributed by atoms with van der Waals surface area (Å²) in [5.74, 6) is 0. The van der Waals surface area contributed by atoms with Gasteiger partial charge in [-0.15, -0.1) is 29.8 Å². The van der Waals surface area contributed by atoms with Crippen LogP contribution in [0.1, 0.15) is 0 Å². The zero-order chi connectivity index (χ0) is 38.9. The molecule has 0 spiro atoms. The summed E-state index contributed by atoms with van der Waals surface area (Å²) in [7, 11) is 0. The molecule has 0 aliphatic heterocycles. The summed E-state index contributed by atoms with van der Waals surface area (Å²) in [5.41, 5.74) is 20.2. The number of benzene rings is 8. The summed E-state index contributed by atoms with van der Waals surface area (Å²) in [6.45, 7) is 0. The predicted molar refractivity (Wildman–Crippen MR) is 248 cm³/mol. The molecule has 286 valence electrons. The average Bonchev–Trinajstić information content (AvgIpc) is 3.93. The third-order valence-corrected chi connectivity index (χ3v) is 10.7. The van der Waals surface area contributed by atoms with Gasteiger partial charge in [0.1, 0.15) is 0 Å². The van der Waals surface area contributed by atoms with Crippen LogP contribution >= 0.6 is 0 Å². The molecule has 0 unspecified atom stereocenters. The van der Waals surface area contributed by atoms with Crippen molar-refractivity contribution in [3.05, 3.63) is 255 Å². The van der Waals surface area contributed by atoms with Crippen LogP contribution < -0.4 is 0 Å². The minimum absolute atomic E-state index is 0. The first kappa shape index (κ1) is 38.8. The molecule has 59 heavy (non-hydrogen) atoms. The van der Waals surface area contributed by atoms with Crippen LogP contribution in [0.3, 0.4) is 0 Å². The van der Waals surface area contributed by atoms with Crippen LogP contribution in [-0.2, 0) is 17.4 Å². The van der Waals surface area contributed by atoms with E-state index in [1.807, 2.05) is 0 Å². The maximum atomic E-state index is 2.36. The summed E-state index contributed by atoms with van der Waals surface area (Å²) in [6, 6.07) is 90.5. The van der Waals surface area contributed by atoms with E-state index in [0.717, 1.165) is 0 Å². The second kappa shape index (κ2) is 18.5. The van der Waals surface area contributed by atoms with Crippen molar-refractivity contribution in [3.63, 3.8) is 0 Å². The summed E-state index contributed by atoms with van der Waals surface area (Å²) in [5, 5.41) is 0. The summed E-state index contributed by atoms with van der Waals surface area (Å²) < 4.78 is 0. The molecule has 0 nitrogen and oxygen atoms in total. The van der Waals surface area contributed by atoms with Gasteiger partial charge in [-0.3, -0.25) is 5.56 Å². The first-order chi connectivity index (χ1) is 28.8. The summed E-state index contributed by atoms with van der Waals surface area (Å²) >= 11 is 0. The maximum absolute atomic E-state index is 2.36. The van der Waals surface area contributed by atoms with Crippen LogP contribution in [0.15, 0.2) is 255 Å². The second-order valence-electron chi connectivity index (χ2n) is 14.4. The van der Waals surface area contributed by atoms with Crippen LogP contribution in [0.2, 0.25) is 0 Å². The Hall–Kier alpha value is -7.01. The van der Waals surface area contributed by atoms with E-state index in [4.69, 9.17) is 0 Å². The van der Waals surface area contributed by atoms with E-state index in [0.29, 0.717) is 0 Å². The Labute approximate surface area is 359 Å². The quantitative estimate of drug-likeness (QED) is 0.135. The molecule has 0 saturated carbocycles. The molecule has 1 heteroatoms. The normalized spacial score (nSPS) is 10.6. The Kier molecular flexibility index (Phi) is 12.2. The molecule has 0 amide bonds. The first-order valence-electron chi connectivity index (χ1n) is 19.9. The Morgan fingerprint density at radius 3 is 0.983 bits per heavy atom. The summed E-state index contributed by atoms with van der Waals surface area (Å²) in [4.78, 5) is 0. The SMILES string of the molecule is [Cr].c1ccc(-[c-]2[cH-][c-](-c3ccccc3)[c-](-c3ccccc3)[c-]2-c2ccccc2)cc1.c1ccc(-c2c[c-](-c3ccccc3)c(-c3ccccc3)c2-c2ccccc2)cc1. The van der Waals surface area contributed by atoms with Gasteiger partial charge < -0.3 is 51.6 Å². The van der Waals surface area contributed by atoms with Gasteiger partial charge in [0, 0.05) is 17.4 Å². The van der Waals surface area contributed by atoms with Crippen LogP contribution in [0.5, 0.6) is 0 Å². The maximum Gasteiger partial charge on any atom is 0 e. The van der Waals surface area contributed by atoms with Crippen molar-refractivity contribution in [3.8, 4) is 89.0 Å². The van der Waals surface area contributed by atoms with Crippen molar-refractivity contribution < 1.29 is 17.4 Å². The molecule has 0 aromatic heterocycles. The first-order valence-corrected chi connectivity index (χ1v) is 19.9. The summed E-state index contributed by atoms with van der Waals surface area (Å²) in [6.07, 6.45) is 0. The van der Waals surface area contributed by atoms with Gasteiger partial charge in [-0.05, 0) is 0 Å². The third kappa shape index (κ3) is 8.36. The predicted octanol–water partition coefficient (Wildman–Crippen LogP) is 16.1. The van der Waals surface area contributed by atoms with Crippen molar-refractivity contribution in [2.75, 3.05) is 0 Å². The largest absolute Gasteiger partial charge is 0.533 e. The third-order valence-electron chi connectivity index (χ3n) is 10.7. The van der Waals surface area contributed by atoms with E-state index >= 15 is 0 Å². The molecule has 10 aromatic rings.